The molecule has 102 valence electrons. The van der Waals surface area contributed by atoms with E-state index in [-0.39, 0.29) is 23.9 Å². The van der Waals surface area contributed by atoms with Crippen molar-refractivity contribution in [3.8, 4) is 0 Å². The zero-order chi connectivity index (χ0) is 13.3. The van der Waals surface area contributed by atoms with Crippen molar-refractivity contribution in [2.45, 2.75) is 45.7 Å². The second-order valence-electron chi connectivity index (χ2n) is 6.15. The maximum Gasteiger partial charge on any atom is 0.243 e. The highest BCUT2D eigenvalue weighted by Gasteiger charge is 2.39. The van der Waals surface area contributed by atoms with Gasteiger partial charge in [-0.1, -0.05) is 20.8 Å². The van der Waals surface area contributed by atoms with Crippen molar-refractivity contribution in [2.24, 2.45) is 5.41 Å². The molecule has 0 spiro atoms. The van der Waals surface area contributed by atoms with E-state index in [9.17, 15) is 9.59 Å². The highest BCUT2D eigenvalue weighted by molar-refractivity contribution is 5.90. The predicted octanol–water partition coefficient (Wildman–Crippen LogP) is 0.539. The Labute approximate surface area is 108 Å². The summed E-state index contributed by atoms with van der Waals surface area (Å²) in [7, 11) is 0. The highest BCUT2D eigenvalue weighted by atomic mass is 16.5. The molecular weight excluding hydrogens is 232 g/mol. The smallest absolute Gasteiger partial charge is 0.243 e. The van der Waals surface area contributed by atoms with Gasteiger partial charge in [0.2, 0.25) is 11.8 Å². The van der Waals surface area contributed by atoms with Crippen LogP contribution in [0, 0.1) is 5.41 Å². The van der Waals surface area contributed by atoms with Crippen LogP contribution in [0.1, 0.15) is 33.6 Å². The molecular formula is C13H22N2O3. The summed E-state index contributed by atoms with van der Waals surface area (Å²) in [5.41, 5.74) is -0.428. The van der Waals surface area contributed by atoms with Gasteiger partial charge in [-0.3, -0.25) is 9.59 Å². The number of likely N-dealkylation sites (tertiary alicyclic amines) is 1. The summed E-state index contributed by atoms with van der Waals surface area (Å²) in [4.78, 5) is 26.1. The fourth-order valence-corrected chi connectivity index (χ4v) is 2.33. The van der Waals surface area contributed by atoms with Crippen molar-refractivity contribution in [1.29, 1.82) is 0 Å². The van der Waals surface area contributed by atoms with Gasteiger partial charge in [-0.25, -0.2) is 0 Å². The lowest BCUT2D eigenvalue weighted by atomic mass is 9.94. The fraction of sp³-hybridized carbons (Fsp3) is 0.846. The Bertz CT molecular complexity index is 345. The van der Waals surface area contributed by atoms with Gasteiger partial charge in [-0.05, 0) is 12.8 Å². The maximum absolute atomic E-state index is 12.3. The number of nitrogens with one attached hydrogen (secondary N) is 1. The minimum Gasteiger partial charge on any atom is -0.377 e. The fourth-order valence-electron chi connectivity index (χ4n) is 2.33. The van der Waals surface area contributed by atoms with Gasteiger partial charge in [0.05, 0.1) is 19.3 Å². The van der Waals surface area contributed by atoms with Crippen LogP contribution in [0.25, 0.3) is 0 Å². The molecule has 2 aliphatic heterocycles. The molecule has 0 aliphatic carbocycles. The van der Waals surface area contributed by atoms with Gasteiger partial charge >= 0.3 is 0 Å². The number of carbonyl (C=O) groups is 2. The average molecular weight is 254 g/mol. The minimum absolute atomic E-state index is 0.0293. The van der Waals surface area contributed by atoms with Crippen LogP contribution in [0.5, 0.6) is 0 Å². The van der Waals surface area contributed by atoms with E-state index in [1.54, 1.807) is 4.90 Å². The van der Waals surface area contributed by atoms with E-state index in [1.165, 1.54) is 0 Å². The first kappa shape index (κ1) is 13.3. The van der Waals surface area contributed by atoms with Gasteiger partial charge in [-0.2, -0.15) is 0 Å². The van der Waals surface area contributed by atoms with E-state index in [0.717, 1.165) is 12.8 Å². The van der Waals surface area contributed by atoms with Crippen LogP contribution in [0.2, 0.25) is 0 Å². The van der Waals surface area contributed by atoms with Crippen molar-refractivity contribution < 1.29 is 14.3 Å². The maximum atomic E-state index is 12.3. The zero-order valence-electron chi connectivity index (χ0n) is 11.4. The summed E-state index contributed by atoms with van der Waals surface area (Å²) < 4.78 is 5.03. The van der Waals surface area contributed by atoms with E-state index in [2.05, 4.69) is 5.32 Å². The van der Waals surface area contributed by atoms with Crippen LogP contribution in [0.15, 0.2) is 0 Å². The SMILES string of the molecule is CC(C)(C)C(=O)N1CCCC1C(=O)NC1COC1. The molecule has 2 rings (SSSR count). The number of hydrogen-bond donors (Lipinski definition) is 1. The van der Waals surface area contributed by atoms with Crippen LogP contribution in [-0.4, -0.2) is 48.6 Å². The normalized spacial score (nSPS) is 24.8. The second kappa shape index (κ2) is 4.88. The Morgan fingerprint density at radius 3 is 2.44 bits per heavy atom. The standard InChI is InChI=1S/C13H22N2O3/c1-13(2,3)12(17)15-6-4-5-10(15)11(16)14-9-7-18-8-9/h9-10H,4-8H2,1-3H3,(H,14,16). The molecule has 0 aromatic heterocycles. The van der Waals surface area contributed by atoms with Gasteiger partial charge < -0.3 is 15.0 Å². The van der Waals surface area contributed by atoms with Crippen LogP contribution < -0.4 is 5.32 Å². The van der Waals surface area contributed by atoms with E-state index in [0.29, 0.717) is 19.8 Å². The lowest BCUT2D eigenvalue weighted by molar-refractivity contribution is -0.145. The summed E-state index contributed by atoms with van der Waals surface area (Å²) >= 11 is 0. The number of rotatable bonds is 2. The summed E-state index contributed by atoms with van der Waals surface area (Å²) in [6.45, 7) is 7.54. The van der Waals surface area contributed by atoms with Crippen LogP contribution in [0.3, 0.4) is 0 Å². The van der Waals surface area contributed by atoms with E-state index >= 15 is 0 Å². The molecule has 2 aliphatic rings. The number of amides is 2. The molecule has 2 fully saturated rings. The first-order chi connectivity index (χ1) is 8.39. The first-order valence-corrected chi connectivity index (χ1v) is 6.59. The summed E-state index contributed by atoms with van der Waals surface area (Å²) in [5.74, 6) is 0.0309. The molecule has 0 radical (unpaired) electrons. The van der Waals surface area contributed by atoms with E-state index in [1.807, 2.05) is 20.8 Å². The molecule has 0 aromatic rings. The molecule has 18 heavy (non-hydrogen) atoms. The molecule has 2 amide bonds. The van der Waals surface area contributed by atoms with Crippen molar-refractivity contribution in [3.05, 3.63) is 0 Å². The third-order valence-electron chi connectivity index (χ3n) is 3.44. The topological polar surface area (TPSA) is 58.6 Å². The largest absolute Gasteiger partial charge is 0.377 e. The molecule has 2 heterocycles. The van der Waals surface area contributed by atoms with Gasteiger partial charge in [0, 0.05) is 12.0 Å². The molecule has 2 saturated heterocycles. The molecule has 5 heteroatoms. The van der Waals surface area contributed by atoms with Crippen LogP contribution >= 0.6 is 0 Å². The predicted molar refractivity (Wildman–Crippen MR) is 66.9 cm³/mol. The molecule has 1 N–H and O–H groups in total. The molecule has 5 nitrogen and oxygen atoms in total. The second-order valence-corrected chi connectivity index (χ2v) is 6.15. The summed E-state index contributed by atoms with van der Waals surface area (Å²) in [5, 5.41) is 2.94. The molecule has 0 bridgehead atoms. The number of ether oxygens (including phenoxy) is 1. The highest BCUT2D eigenvalue weighted by Crippen LogP contribution is 2.25. The van der Waals surface area contributed by atoms with Gasteiger partial charge in [0.1, 0.15) is 6.04 Å². The minimum atomic E-state index is -0.428. The molecule has 0 saturated carbocycles. The number of hydrogen-bond acceptors (Lipinski definition) is 3. The summed E-state index contributed by atoms with van der Waals surface area (Å²) in [6, 6.07) is -0.165. The Morgan fingerprint density at radius 1 is 1.28 bits per heavy atom. The van der Waals surface area contributed by atoms with Crippen LogP contribution in [0.4, 0.5) is 0 Å². The zero-order valence-corrected chi connectivity index (χ0v) is 11.4. The Morgan fingerprint density at radius 2 is 1.94 bits per heavy atom. The molecule has 1 atom stereocenters. The average Bonchev–Trinajstić information content (AvgIpc) is 2.69. The van der Waals surface area contributed by atoms with Crippen molar-refractivity contribution >= 4 is 11.8 Å². The van der Waals surface area contributed by atoms with E-state index < -0.39 is 5.41 Å². The lowest BCUT2D eigenvalue weighted by Gasteiger charge is -2.33. The van der Waals surface area contributed by atoms with Gasteiger partial charge in [0.15, 0.2) is 0 Å². The van der Waals surface area contributed by atoms with Gasteiger partial charge in [-0.15, -0.1) is 0 Å². The summed E-state index contributed by atoms with van der Waals surface area (Å²) in [6.07, 6.45) is 1.67. The monoisotopic (exact) mass is 254 g/mol. The Kier molecular flexibility index (Phi) is 3.61. The first-order valence-electron chi connectivity index (χ1n) is 6.59. The quantitative estimate of drug-likeness (QED) is 0.782. The van der Waals surface area contributed by atoms with Crippen LogP contribution in [-0.2, 0) is 14.3 Å². The number of nitrogens with zero attached hydrogens (tertiary/aromatic N) is 1. The molecule has 1 unspecified atom stereocenters. The van der Waals surface area contributed by atoms with E-state index in [4.69, 9.17) is 4.74 Å². The lowest BCUT2D eigenvalue weighted by Crippen LogP contribution is -2.55. The third kappa shape index (κ3) is 2.66. The van der Waals surface area contributed by atoms with Crippen molar-refractivity contribution in [3.63, 3.8) is 0 Å². The Hall–Kier alpha value is -1.10. The van der Waals surface area contributed by atoms with Crippen molar-refractivity contribution in [2.75, 3.05) is 19.8 Å². The Balaban J connectivity index is 1.98. The third-order valence-corrected chi connectivity index (χ3v) is 3.44. The number of carbonyl (C=O) groups excluding carboxylic acids is 2. The molecule has 0 aromatic carbocycles. The van der Waals surface area contributed by atoms with Gasteiger partial charge in [0.25, 0.3) is 0 Å². The van der Waals surface area contributed by atoms with Crippen molar-refractivity contribution in [1.82, 2.24) is 10.2 Å².